The maximum atomic E-state index is 9.96. The first-order valence-electron chi connectivity index (χ1n) is 5.25. The third kappa shape index (κ3) is 2.64. The summed E-state index contributed by atoms with van der Waals surface area (Å²) in [5, 5.41) is 9.96. The Morgan fingerprint density at radius 1 is 1.25 bits per heavy atom. The Bertz CT molecular complexity index is 439. The van der Waals surface area contributed by atoms with Crippen molar-refractivity contribution in [2.45, 2.75) is 19.4 Å². The van der Waals surface area contributed by atoms with Gasteiger partial charge < -0.3 is 5.11 Å². The van der Waals surface area contributed by atoms with E-state index in [9.17, 15) is 5.11 Å². The second-order valence-corrected chi connectivity index (χ2v) is 3.83. The van der Waals surface area contributed by atoms with E-state index in [-0.39, 0.29) is 0 Å². The smallest absolute Gasteiger partial charge is 0.0860 e. The molecule has 0 bridgehead atoms. The Kier molecular flexibility index (Phi) is 3.27. The molecule has 1 N–H and O–H groups in total. The van der Waals surface area contributed by atoms with E-state index in [0.717, 1.165) is 16.8 Å². The number of aryl methyl sites for hydroxylation is 1. The fraction of sp³-hybridized carbons (Fsp3) is 0.231. The van der Waals surface area contributed by atoms with Crippen LogP contribution in [0.1, 0.15) is 22.9 Å². The summed E-state index contributed by atoms with van der Waals surface area (Å²) in [4.78, 5) is 8.24. The third-order valence-electron chi connectivity index (χ3n) is 2.44. The molecule has 0 amide bonds. The normalized spacial score (nSPS) is 12.4. The Labute approximate surface area is 94.8 Å². The zero-order valence-electron chi connectivity index (χ0n) is 9.17. The van der Waals surface area contributed by atoms with Crippen LogP contribution in [0.25, 0.3) is 0 Å². The van der Waals surface area contributed by atoms with Crippen molar-refractivity contribution in [3.63, 3.8) is 0 Å². The van der Waals surface area contributed by atoms with Gasteiger partial charge in [0.05, 0.1) is 6.10 Å². The molecule has 3 heteroatoms. The zero-order valence-corrected chi connectivity index (χ0v) is 9.17. The number of pyridine rings is 2. The molecule has 3 nitrogen and oxygen atoms in total. The molecule has 82 valence electrons. The molecule has 0 saturated heterocycles. The van der Waals surface area contributed by atoms with Crippen LogP contribution in [0.5, 0.6) is 0 Å². The highest BCUT2D eigenvalue weighted by Gasteiger charge is 2.08. The molecule has 0 saturated carbocycles. The molecule has 2 aromatic rings. The van der Waals surface area contributed by atoms with E-state index in [1.54, 1.807) is 12.4 Å². The van der Waals surface area contributed by atoms with Crippen LogP contribution >= 0.6 is 0 Å². The first kappa shape index (κ1) is 10.8. The highest BCUT2D eigenvalue weighted by molar-refractivity contribution is 5.17. The molecule has 1 atom stereocenters. The molecule has 0 aromatic carbocycles. The highest BCUT2D eigenvalue weighted by atomic mass is 16.3. The average molecular weight is 214 g/mol. The van der Waals surface area contributed by atoms with Gasteiger partial charge in [0.15, 0.2) is 0 Å². The minimum absolute atomic E-state index is 0.520. The topological polar surface area (TPSA) is 46.0 Å². The average Bonchev–Trinajstić information content (AvgIpc) is 2.33. The van der Waals surface area contributed by atoms with Crippen molar-refractivity contribution in [2.75, 3.05) is 0 Å². The summed E-state index contributed by atoms with van der Waals surface area (Å²) in [7, 11) is 0. The van der Waals surface area contributed by atoms with Crippen LogP contribution in [-0.2, 0) is 6.42 Å². The van der Waals surface area contributed by atoms with E-state index in [2.05, 4.69) is 9.97 Å². The monoisotopic (exact) mass is 214 g/mol. The van der Waals surface area contributed by atoms with E-state index in [0.29, 0.717) is 6.42 Å². The fourth-order valence-electron chi connectivity index (χ4n) is 1.51. The van der Waals surface area contributed by atoms with E-state index in [1.165, 1.54) is 0 Å². The van der Waals surface area contributed by atoms with Crippen LogP contribution in [0.15, 0.2) is 42.9 Å². The zero-order chi connectivity index (χ0) is 11.4. The lowest BCUT2D eigenvalue weighted by Gasteiger charge is -2.09. The van der Waals surface area contributed by atoms with Crippen molar-refractivity contribution < 1.29 is 5.11 Å². The lowest BCUT2D eigenvalue weighted by atomic mass is 10.1. The Morgan fingerprint density at radius 2 is 2.12 bits per heavy atom. The first-order chi connectivity index (χ1) is 7.75. The maximum absolute atomic E-state index is 9.96. The largest absolute Gasteiger partial charge is 0.388 e. The number of aromatic nitrogens is 2. The van der Waals surface area contributed by atoms with Gasteiger partial charge in [0.2, 0.25) is 0 Å². The van der Waals surface area contributed by atoms with E-state index >= 15 is 0 Å². The van der Waals surface area contributed by atoms with Gasteiger partial charge >= 0.3 is 0 Å². The van der Waals surface area contributed by atoms with Gasteiger partial charge in [0.25, 0.3) is 0 Å². The van der Waals surface area contributed by atoms with Gasteiger partial charge in [-0.05, 0) is 30.2 Å². The second-order valence-electron chi connectivity index (χ2n) is 3.83. The van der Waals surface area contributed by atoms with Crippen molar-refractivity contribution in [3.8, 4) is 0 Å². The van der Waals surface area contributed by atoms with Crippen molar-refractivity contribution in [3.05, 3.63) is 59.7 Å². The molecule has 2 heterocycles. The number of hydrogen-bond donors (Lipinski definition) is 1. The fourth-order valence-corrected chi connectivity index (χ4v) is 1.51. The van der Waals surface area contributed by atoms with Crippen molar-refractivity contribution in [1.82, 2.24) is 9.97 Å². The molecule has 0 aliphatic carbocycles. The Hall–Kier alpha value is -1.74. The summed E-state index contributed by atoms with van der Waals surface area (Å²) < 4.78 is 0. The van der Waals surface area contributed by atoms with Gasteiger partial charge in [0.1, 0.15) is 0 Å². The SMILES string of the molecule is Cc1ccc(CC(O)c2cccnc2)nc1. The van der Waals surface area contributed by atoms with E-state index in [1.807, 2.05) is 37.4 Å². The van der Waals surface area contributed by atoms with Crippen molar-refractivity contribution >= 4 is 0 Å². The highest BCUT2D eigenvalue weighted by Crippen LogP contribution is 2.15. The Morgan fingerprint density at radius 3 is 2.75 bits per heavy atom. The molecule has 0 aliphatic heterocycles. The number of rotatable bonds is 3. The number of aliphatic hydroxyl groups is 1. The Balaban J connectivity index is 2.08. The quantitative estimate of drug-likeness (QED) is 0.850. The minimum Gasteiger partial charge on any atom is -0.388 e. The number of hydrogen-bond acceptors (Lipinski definition) is 3. The van der Waals surface area contributed by atoms with Crippen LogP contribution in [0.4, 0.5) is 0 Å². The molecule has 2 aromatic heterocycles. The standard InChI is InChI=1S/C13H14N2O/c1-10-4-5-12(15-8-10)7-13(16)11-3-2-6-14-9-11/h2-6,8-9,13,16H,7H2,1H3. The molecule has 1 unspecified atom stereocenters. The van der Waals surface area contributed by atoms with Crippen LogP contribution in [0, 0.1) is 6.92 Å². The summed E-state index contributed by atoms with van der Waals surface area (Å²) in [6.07, 6.45) is 5.17. The minimum atomic E-state index is -0.538. The first-order valence-corrected chi connectivity index (χ1v) is 5.25. The molecule has 0 spiro atoms. The molecule has 0 radical (unpaired) electrons. The van der Waals surface area contributed by atoms with Gasteiger partial charge in [-0.2, -0.15) is 0 Å². The van der Waals surface area contributed by atoms with E-state index < -0.39 is 6.10 Å². The lowest BCUT2D eigenvalue weighted by molar-refractivity contribution is 0.177. The van der Waals surface area contributed by atoms with Gasteiger partial charge in [-0.1, -0.05) is 12.1 Å². The molecular formula is C13H14N2O. The van der Waals surface area contributed by atoms with Crippen LogP contribution < -0.4 is 0 Å². The van der Waals surface area contributed by atoms with Crippen LogP contribution in [-0.4, -0.2) is 15.1 Å². The lowest BCUT2D eigenvalue weighted by Crippen LogP contribution is -2.03. The van der Waals surface area contributed by atoms with Crippen molar-refractivity contribution in [2.24, 2.45) is 0 Å². The summed E-state index contributed by atoms with van der Waals surface area (Å²) in [5.74, 6) is 0. The third-order valence-corrected chi connectivity index (χ3v) is 2.44. The van der Waals surface area contributed by atoms with Gasteiger partial charge in [-0.3, -0.25) is 9.97 Å². The number of nitrogens with zero attached hydrogens (tertiary/aromatic N) is 2. The summed E-state index contributed by atoms with van der Waals surface area (Å²) >= 11 is 0. The predicted octanol–water partition coefficient (Wildman–Crippen LogP) is 2.06. The van der Waals surface area contributed by atoms with Crippen LogP contribution in [0.2, 0.25) is 0 Å². The van der Waals surface area contributed by atoms with Gasteiger partial charge in [-0.15, -0.1) is 0 Å². The summed E-state index contributed by atoms with van der Waals surface area (Å²) in [5.41, 5.74) is 2.84. The molecular weight excluding hydrogens is 200 g/mol. The molecule has 0 aliphatic rings. The van der Waals surface area contributed by atoms with Crippen molar-refractivity contribution in [1.29, 1.82) is 0 Å². The van der Waals surface area contributed by atoms with Gasteiger partial charge in [0, 0.05) is 30.7 Å². The van der Waals surface area contributed by atoms with Crippen LogP contribution in [0.3, 0.4) is 0 Å². The van der Waals surface area contributed by atoms with Gasteiger partial charge in [-0.25, -0.2) is 0 Å². The molecule has 16 heavy (non-hydrogen) atoms. The molecule has 0 fully saturated rings. The predicted molar refractivity (Wildman–Crippen MR) is 61.9 cm³/mol. The van der Waals surface area contributed by atoms with E-state index in [4.69, 9.17) is 0 Å². The maximum Gasteiger partial charge on any atom is 0.0860 e. The molecule has 2 rings (SSSR count). The second kappa shape index (κ2) is 4.86. The summed E-state index contributed by atoms with van der Waals surface area (Å²) in [6, 6.07) is 7.63. The number of aliphatic hydroxyl groups excluding tert-OH is 1. The summed E-state index contributed by atoms with van der Waals surface area (Å²) in [6.45, 7) is 1.99.